The third-order valence-electron chi connectivity index (χ3n) is 3.65. The molecule has 1 atom stereocenters. The lowest BCUT2D eigenvalue weighted by Crippen LogP contribution is -2.42. The molecule has 0 aromatic heterocycles. The molecule has 0 aliphatic carbocycles. The van der Waals surface area contributed by atoms with E-state index < -0.39 is 5.54 Å². The first-order valence-electron chi connectivity index (χ1n) is 6.54. The highest BCUT2D eigenvalue weighted by atomic mass is 35.5. The largest absolute Gasteiger partial charge is 0.332 e. The maximum atomic E-state index is 12.2. The van der Waals surface area contributed by atoms with Gasteiger partial charge in [-0.2, -0.15) is 0 Å². The van der Waals surface area contributed by atoms with E-state index in [0.717, 1.165) is 5.56 Å². The summed E-state index contributed by atoms with van der Waals surface area (Å²) in [6.07, 6.45) is 0.432. The van der Waals surface area contributed by atoms with E-state index >= 15 is 0 Å². The predicted octanol–water partition coefficient (Wildman–Crippen LogP) is 3.46. The Morgan fingerprint density at radius 3 is 2.50 bits per heavy atom. The number of carbonyl (C=O) groups excluding carboxylic acids is 2. The van der Waals surface area contributed by atoms with E-state index in [2.05, 4.69) is 0 Å². The first-order chi connectivity index (χ1) is 9.30. The molecule has 1 unspecified atom stereocenters. The molecule has 0 saturated carbocycles. The third kappa shape index (κ3) is 3.18. The average Bonchev–Trinajstić information content (AvgIpc) is 2.70. The summed E-state index contributed by atoms with van der Waals surface area (Å²) in [5.41, 5.74) is 0.650. The van der Waals surface area contributed by atoms with E-state index in [4.69, 9.17) is 11.6 Å². The van der Waals surface area contributed by atoms with Crippen LogP contribution in [0.2, 0.25) is 5.02 Å². The molecule has 2 rings (SSSR count). The smallest absolute Gasteiger partial charge is 0.224 e. The van der Waals surface area contributed by atoms with Crippen LogP contribution in [0.1, 0.15) is 32.8 Å². The molecule has 1 aliphatic rings. The van der Waals surface area contributed by atoms with Gasteiger partial charge in [-0.05, 0) is 31.5 Å². The van der Waals surface area contributed by atoms with Gasteiger partial charge in [-0.25, -0.2) is 0 Å². The Labute approximate surface area is 128 Å². The molecule has 3 nitrogen and oxygen atoms in total. The highest BCUT2D eigenvalue weighted by Crippen LogP contribution is 2.35. The van der Waals surface area contributed by atoms with Gasteiger partial charge in [0.15, 0.2) is 5.12 Å². The summed E-state index contributed by atoms with van der Waals surface area (Å²) in [5.74, 6) is 0.101. The van der Waals surface area contributed by atoms with Gasteiger partial charge in [0.1, 0.15) is 0 Å². The minimum absolute atomic E-state index is 0.0616. The zero-order chi connectivity index (χ0) is 14.9. The van der Waals surface area contributed by atoms with Crippen molar-refractivity contribution < 1.29 is 9.59 Å². The molecule has 1 aromatic rings. The predicted molar refractivity (Wildman–Crippen MR) is 82.9 cm³/mol. The molecule has 1 aliphatic heterocycles. The molecule has 5 heteroatoms. The molecule has 0 bridgehead atoms. The van der Waals surface area contributed by atoms with Crippen LogP contribution in [0.15, 0.2) is 24.3 Å². The monoisotopic (exact) mass is 311 g/mol. The van der Waals surface area contributed by atoms with E-state index in [-0.39, 0.29) is 16.3 Å². The lowest BCUT2D eigenvalue weighted by molar-refractivity contribution is -0.132. The fraction of sp³-hybridized carbons (Fsp3) is 0.467. The fourth-order valence-corrected chi connectivity index (χ4v) is 3.59. The maximum Gasteiger partial charge on any atom is 0.224 e. The summed E-state index contributed by atoms with van der Waals surface area (Å²) < 4.78 is 0. The van der Waals surface area contributed by atoms with Crippen LogP contribution in [0, 0.1) is 0 Å². The summed E-state index contributed by atoms with van der Waals surface area (Å²) >= 11 is 7.17. The number of likely N-dealkylation sites (tertiary alicyclic amines) is 1. The Morgan fingerprint density at radius 2 is 1.95 bits per heavy atom. The number of amides is 1. The van der Waals surface area contributed by atoms with Crippen molar-refractivity contribution in [3.63, 3.8) is 0 Å². The molecular weight excluding hydrogens is 294 g/mol. The highest BCUT2D eigenvalue weighted by Gasteiger charge is 2.40. The van der Waals surface area contributed by atoms with Crippen LogP contribution in [0.5, 0.6) is 0 Å². The molecular formula is C15H18ClNO2S. The standard InChI is InChI=1S/C15H18ClNO2S/c1-10(18)20-13-8-14(19)17(9-13)15(2,3)11-4-6-12(16)7-5-11/h4-7,13H,8-9H2,1-3H3. The minimum Gasteiger partial charge on any atom is -0.332 e. The summed E-state index contributed by atoms with van der Waals surface area (Å²) in [6, 6.07) is 7.56. The molecule has 108 valence electrons. The summed E-state index contributed by atoms with van der Waals surface area (Å²) in [6.45, 7) is 6.20. The third-order valence-corrected chi connectivity index (χ3v) is 4.88. The number of nitrogens with zero attached hydrogens (tertiary/aromatic N) is 1. The molecule has 20 heavy (non-hydrogen) atoms. The minimum atomic E-state index is -0.395. The average molecular weight is 312 g/mol. The molecule has 1 aromatic carbocycles. The Bertz CT molecular complexity index is 527. The van der Waals surface area contributed by atoms with Crippen molar-refractivity contribution in [3.05, 3.63) is 34.9 Å². The van der Waals surface area contributed by atoms with Crippen LogP contribution < -0.4 is 0 Å². The van der Waals surface area contributed by atoms with Gasteiger partial charge in [-0.3, -0.25) is 9.59 Å². The van der Waals surface area contributed by atoms with Crippen LogP contribution >= 0.6 is 23.4 Å². The number of hydrogen-bond donors (Lipinski definition) is 0. The zero-order valence-corrected chi connectivity index (χ0v) is 13.4. The topological polar surface area (TPSA) is 37.4 Å². The van der Waals surface area contributed by atoms with E-state index in [1.807, 2.05) is 43.0 Å². The fourth-order valence-electron chi connectivity index (χ4n) is 2.54. The molecule has 0 spiro atoms. The molecule has 1 heterocycles. The number of carbonyl (C=O) groups is 2. The highest BCUT2D eigenvalue weighted by molar-refractivity contribution is 8.14. The molecule has 0 N–H and O–H groups in total. The second-order valence-electron chi connectivity index (χ2n) is 5.51. The van der Waals surface area contributed by atoms with Crippen LogP contribution in [-0.4, -0.2) is 27.7 Å². The van der Waals surface area contributed by atoms with Gasteiger partial charge < -0.3 is 4.90 Å². The van der Waals surface area contributed by atoms with E-state index in [0.29, 0.717) is 18.0 Å². The van der Waals surface area contributed by atoms with Crippen LogP contribution in [0.25, 0.3) is 0 Å². The van der Waals surface area contributed by atoms with Crippen molar-refractivity contribution in [3.8, 4) is 0 Å². The summed E-state index contributed by atoms with van der Waals surface area (Å²) in [4.78, 5) is 25.3. The summed E-state index contributed by atoms with van der Waals surface area (Å²) in [7, 11) is 0. The lowest BCUT2D eigenvalue weighted by atomic mass is 9.92. The lowest BCUT2D eigenvalue weighted by Gasteiger charge is -2.36. The first kappa shape index (κ1) is 15.4. The van der Waals surface area contributed by atoms with Crippen molar-refractivity contribution in [2.75, 3.05) is 6.54 Å². The Balaban J connectivity index is 2.19. The Hall–Kier alpha value is -1.00. The van der Waals surface area contributed by atoms with Crippen molar-refractivity contribution in [2.45, 2.75) is 38.0 Å². The zero-order valence-electron chi connectivity index (χ0n) is 11.9. The van der Waals surface area contributed by atoms with Crippen molar-refractivity contribution >= 4 is 34.4 Å². The second kappa shape index (κ2) is 5.78. The van der Waals surface area contributed by atoms with E-state index in [1.54, 1.807) is 6.92 Å². The van der Waals surface area contributed by atoms with Gasteiger partial charge in [0.25, 0.3) is 0 Å². The molecule has 1 fully saturated rings. The van der Waals surface area contributed by atoms with Crippen LogP contribution in [0.4, 0.5) is 0 Å². The van der Waals surface area contributed by atoms with Crippen molar-refractivity contribution in [1.82, 2.24) is 4.90 Å². The molecule has 0 radical (unpaired) electrons. The normalized spacial score (nSPS) is 19.5. The number of hydrogen-bond acceptors (Lipinski definition) is 3. The van der Waals surface area contributed by atoms with Crippen molar-refractivity contribution in [2.24, 2.45) is 0 Å². The van der Waals surface area contributed by atoms with E-state index in [9.17, 15) is 9.59 Å². The quantitative estimate of drug-likeness (QED) is 0.858. The van der Waals surface area contributed by atoms with Gasteiger partial charge >= 0.3 is 0 Å². The van der Waals surface area contributed by atoms with E-state index in [1.165, 1.54) is 11.8 Å². The number of halogens is 1. The van der Waals surface area contributed by atoms with Gasteiger partial charge in [-0.1, -0.05) is 35.5 Å². The molecule has 1 saturated heterocycles. The summed E-state index contributed by atoms with van der Waals surface area (Å²) in [5, 5.41) is 0.808. The van der Waals surface area contributed by atoms with Crippen LogP contribution in [-0.2, 0) is 15.1 Å². The number of benzene rings is 1. The second-order valence-corrected chi connectivity index (χ2v) is 7.42. The van der Waals surface area contributed by atoms with Crippen LogP contribution in [0.3, 0.4) is 0 Å². The van der Waals surface area contributed by atoms with Gasteiger partial charge in [-0.15, -0.1) is 0 Å². The van der Waals surface area contributed by atoms with Gasteiger partial charge in [0, 0.05) is 30.2 Å². The van der Waals surface area contributed by atoms with Crippen molar-refractivity contribution in [1.29, 1.82) is 0 Å². The van der Waals surface area contributed by atoms with Gasteiger partial charge in [0.2, 0.25) is 5.91 Å². The number of rotatable bonds is 3. The number of thioether (sulfide) groups is 1. The Kier molecular flexibility index (Phi) is 4.45. The molecule has 1 amide bonds. The first-order valence-corrected chi connectivity index (χ1v) is 7.80. The van der Waals surface area contributed by atoms with Gasteiger partial charge in [0.05, 0.1) is 5.54 Å². The Morgan fingerprint density at radius 1 is 1.35 bits per heavy atom. The SMILES string of the molecule is CC(=O)SC1CC(=O)N(C(C)(C)c2ccc(Cl)cc2)C1. The maximum absolute atomic E-state index is 12.2.